The van der Waals surface area contributed by atoms with Gasteiger partial charge in [-0.15, -0.1) is 0 Å². The second kappa shape index (κ2) is 5.53. The quantitative estimate of drug-likeness (QED) is 0.794. The summed E-state index contributed by atoms with van der Waals surface area (Å²) < 4.78 is 18.7. The number of hydrogen-bond acceptors (Lipinski definition) is 4. The van der Waals surface area contributed by atoms with Crippen LogP contribution in [0.4, 0.5) is 10.1 Å². The average molecular weight is 290 g/mol. The second-order valence-corrected chi connectivity index (χ2v) is 4.80. The number of aromatic amines is 1. The number of aromatic nitrogens is 2. The molecule has 0 aliphatic carbocycles. The van der Waals surface area contributed by atoms with E-state index in [0.717, 1.165) is 11.4 Å². The number of imidazole rings is 1. The molecule has 6 nitrogen and oxygen atoms in total. The number of H-pyrrole nitrogens is 1. The minimum absolute atomic E-state index is 0.106. The molecule has 1 aromatic carbocycles. The molecule has 3 rings (SSSR count). The molecule has 1 aromatic heterocycles. The highest BCUT2D eigenvalue weighted by atomic mass is 19.1. The first-order valence-electron chi connectivity index (χ1n) is 6.56. The number of anilines is 1. The molecule has 2 heterocycles. The van der Waals surface area contributed by atoms with Crippen LogP contribution in [0.2, 0.25) is 0 Å². The van der Waals surface area contributed by atoms with Gasteiger partial charge in [0, 0.05) is 19.0 Å². The monoisotopic (exact) mass is 290 g/mol. The van der Waals surface area contributed by atoms with Gasteiger partial charge in [0.15, 0.2) is 0 Å². The molecule has 1 atom stereocenters. The summed E-state index contributed by atoms with van der Waals surface area (Å²) in [5.74, 6) is -0.311. The highest BCUT2D eigenvalue weighted by molar-refractivity contribution is 5.95. The predicted molar refractivity (Wildman–Crippen MR) is 74.5 cm³/mol. The van der Waals surface area contributed by atoms with Crippen LogP contribution in [-0.4, -0.2) is 29.0 Å². The summed E-state index contributed by atoms with van der Waals surface area (Å²) in [6.07, 6.45) is 2.07. The summed E-state index contributed by atoms with van der Waals surface area (Å²) >= 11 is 0. The Morgan fingerprint density at radius 2 is 2.38 bits per heavy atom. The molecular weight excluding hydrogens is 275 g/mol. The van der Waals surface area contributed by atoms with Crippen LogP contribution in [0.1, 0.15) is 11.4 Å². The van der Waals surface area contributed by atoms with Crippen LogP contribution >= 0.6 is 0 Å². The van der Waals surface area contributed by atoms with Gasteiger partial charge in [-0.1, -0.05) is 0 Å². The molecule has 1 unspecified atom stereocenters. The van der Waals surface area contributed by atoms with Crippen LogP contribution in [0.25, 0.3) is 0 Å². The van der Waals surface area contributed by atoms with E-state index in [-0.39, 0.29) is 11.6 Å². The minimum atomic E-state index is -0.500. The number of amides is 1. The molecule has 0 bridgehead atoms. The van der Waals surface area contributed by atoms with Crippen molar-refractivity contribution in [1.29, 1.82) is 0 Å². The lowest BCUT2D eigenvalue weighted by atomic mass is 10.0. The van der Waals surface area contributed by atoms with E-state index in [2.05, 4.69) is 20.6 Å². The fourth-order valence-corrected chi connectivity index (χ4v) is 2.30. The van der Waals surface area contributed by atoms with E-state index in [0.29, 0.717) is 18.7 Å². The van der Waals surface area contributed by atoms with Gasteiger partial charge in [0.25, 0.3) is 0 Å². The van der Waals surface area contributed by atoms with Crippen LogP contribution in [-0.2, 0) is 17.8 Å². The van der Waals surface area contributed by atoms with Crippen molar-refractivity contribution in [3.63, 3.8) is 0 Å². The Morgan fingerprint density at radius 1 is 1.52 bits per heavy atom. The Kier molecular flexibility index (Phi) is 3.57. The summed E-state index contributed by atoms with van der Waals surface area (Å²) in [5, 5.41) is 5.68. The van der Waals surface area contributed by atoms with Crippen LogP contribution in [0.5, 0.6) is 5.75 Å². The largest absolute Gasteiger partial charge is 0.497 e. The Balaban J connectivity index is 1.72. The molecule has 21 heavy (non-hydrogen) atoms. The molecule has 1 aliphatic heterocycles. The number of nitrogens with one attached hydrogen (secondary N) is 3. The summed E-state index contributed by atoms with van der Waals surface area (Å²) in [7, 11) is 1.49. The minimum Gasteiger partial charge on any atom is -0.497 e. The van der Waals surface area contributed by atoms with Crippen LogP contribution < -0.4 is 15.4 Å². The second-order valence-electron chi connectivity index (χ2n) is 4.80. The van der Waals surface area contributed by atoms with E-state index in [9.17, 15) is 9.18 Å². The van der Waals surface area contributed by atoms with Gasteiger partial charge in [0.05, 0.1) is 36.6 Å². The number of carbonyl (C=O) groups is 1. The summed E-state index contributed by atoms with van der Waals surface area (Å²) in [5.41, 5.74) is 1.94. The number of carbonyl (C=O) groups excluding carboxylic acids is 1. The smallest absolute Gasteiger partial charge is 0.242 e. The van der Waals surface area contributed by atoms with Crippen LogP contribution in [0, 0.1) is 5.82 Å². The summed E-state index contributed by atoms with van der Waals surface area (Å²) in [6, 6.07) is 3.77. The third kappa shape index (κ3) is 2.73. The zero-order valence-corrected chi connectivity index (χ0v) is 11.4. The number of halogens is 1. The third-order valence-electron chi connectivity index (χ3n) is 3.48. The van der Waals surface area contributed by atoms with Crippen molar-refractivity contribution in [1.82, 2.24) is 15.3 Å². The Labute approximate surface area is 120 Å². The molecule has 0 spiro atoms. The molecule has 0 fully saturated rings. The van der Waals surface area contributed by atoms with Crippen LogP contribution in [0.15, 0.2) is 24.5 Å². The van der Waals surface area contributed by atoms with Crippen molar-refractivity contribution in [3.8, 4) is 5.75 Å². The van der Waals surface area contributed by atoms with Gasteiger partial charge in [0.2, 0.25) is 5.91 Å². The number of benzene rings is 1. The first-order valence-corrected chi connectivity index (χ1v) is 6.56. The van der Waals surface area contributed by atoms with Gasteiger partial charge in [-0.25, -0.2) is 9.37 Å². The first kappa shape index (κ1) is 13.6. The van der Waals surface area contributed by atoms with E-state index < -0.39 is 11.9 Å². The number of rotatable bonds is 3. The van der Waals surface area contributed by atoms with Gasteiger partial charge in [-0.05, 0) is 12.1 Å². The molecule has 2 aromatic rings. The molecule has 1 aliphatic rings. The fourth-order valence-electron chi connectivity index (χ4n) is 2.30. The van der Waals surface area contributed by atoms with Gasteiger partial charge in [-0.2, -0.15) is 0 Å². The fraction of sp³-hybridized carbons (Fsp3) is 0.286. The van der Waals surface area contributed by atoms with Crippen molar-refractivity contribution in [2.24, 2.45) is 0 Å². The van der Waals surface area contributed by atoms with Gasteiger partial charge < -0.3 is 15.0 Å². The van der Waals surface area contributed by atoms with Gasteiger partial charge >= 0.3 is 0 Å². The number of nitrogens with zero attached hydrogens (tertiary/aromatic N) is 1. The number of fused-ring (bicyclic) bond motifs is 1. The predicted octanol–water partition coefficient (Wildman–Crippen LogP) is 1.21. The lowest BCUT2D eigenvalue weighted by Gasteiger charge is -2.22. The highest BCUT2D eigenvalue weighted by Crippen LogP contribution is 2.22. The summed E-state index contributed by atoms with van der Waals surface area (Å²) in [6.45, 7) is 0.536. The van der Waals surface area contributed by atoms with Crippen molar-refractivity contribution in [2.75, 3.05) is 12.4 Å². The molecule has 0 saturated carbocycles. The first-order chi connectivity index (χ1) is 10.2. The summed E-state index contributed by atoms with van der Waals surface area (Å²) in [4.78, 5) is 19.4. The van der Waals surface area contributed by atoms with Crippen molar-refractivity contribution >= 4 is 11.6 Å². The van der Waals surface area contributed by atoms with E-state index in [1.165, 1.54) is 25.3 Å². The highest BCUT2D eigenvalue weighted by Gasteiger charge is 2.26. The SMILES string of the molecule is COc1ccc(F)c(NC(=O)C2Cc3nc[nH]c3CN2)c1. The number of methoxy groups -OCH3 is 1. The number of hydrogen-bond donors (Lipinski definition) is 3. The number of ether oxygens (including phenoxy) is 1. The molecule has 3 N–H and O–H groups in total. The van der Waals surface area contributed by atoms with Gasteiger partial charge in [-0.3, -0.25) is 10.1 Å². The lowest BCUT2D eigenvalue weighted by molar-refractivity contribution is -0.118. The van der Waals surface area contributed by atoms with Crippen molar-refractivity contribution in [2.45, 2.75) is 19.0 Å². The zero-order chi connectivity index (χ0) is 14.8. The molecule has 1 amide bonds. The molecule has 110 valence electrons. The average Bonchev–Trinajstić information content (AvgIpc) is 2.96. The maximum Gasteiger partial charge on any atom is 0.242 e. The third-order valence-corrected chi connectivity index (χ3v) is 3.48. The van der Waals surface area contributed by atoms with Crippen molar-refractivity contribution in [3.05, 3.63) is 41.7 Å². The molecule has 7 heteroatoms. The normalized spacial score (nSPS) is 17.1. The Bertz CT molecular complexity index is 671. The van der Waals surface area contributed by atoms with Gasteiger partial charge in [0.1, 0.15) is 11.6 Å². The lowest BCUT2D eigenvalue weighted by Crippen LogP contribution is -2.44. The molecule has 0 radical (unpaired) electrons. The molecular formula is C14H15FN4O2. The van der Waals surface area contributed by atoms with Crippen molar-refractivity contribution < 1.29 is 13.9 Å². The van der Waals surface area contributed by atoms with Crippen LogP contribution in [0.3, 0.4) is 0 Å². The molecule has 0 saturated heterocycles. The van der Waals surface area contributed by atoms with E-state index >= 15 is 0 Å². The Hall–Kier alpha value is -2.41. The van der Waals surface area contributed by atoms with E-state index in [1.54, 1.807) is 6.33 Å². The maximum absolute atomic E-state index is 13.7. The maximum atomic E-state index is 13.7. The Morgan fingerprint density at radius 3 is 3.19 bits per heavy atom. The topological polar surface area (TPSA) is 79.0 Å². The standard InChI is InChI=1S/C14H15FN4O2/c1-21-8-2-3-9(15)10(4-8)19-14(20)12-5-11-13(6-16-12)18-7-17-11/h2-4,7,12,16H,5-6H2,1H3,(H,17,18)(H,19,20). The van der Waals surface area contributed by atoms with E-state index in [1.807, 2.05) is 0 Å². The zero-order valence-electron chi connectivity index (χ0n) is 11.4. The van der Waals surface area contributed by atoms with E-state index in [4.69, 9.17) is 4.74 Å².